The first-order valence-electron chi connectivity index (χ1n) is 11.6. The van der Waals surface area contributed by atoms with E-state index in [9.17, 15) is 14.7 Å². The van der Waals surface area contributed by atoms with Gasteiger partial charge in [-0.3, -0.25) is 14.5 Å². The Bertz CT molecular complexity index is 1320. The smallest absolute Gasteiger partial charge is 0.300 e. The predicted octanol–water partition coefficient (Wildman–Crippen LogP) is 5.38. The Kier molecular flexibility index (Phi) is 5.59. The third kappa shape index (κ3) is 4.05. The first-order valence-corrected chi connectivity index (χ1v) is 11.6. The average Bonchev–Trinajstić information content (AvgIpc) is 3.13. The molecule has 1 N–H and O–H groups in total. The highest BCUT2D eigenvalue weighted by Crippen LogP contribution is 2.43. The van der Waals surface area contributed by atoms with Crippen LogP contribution in [0.25, 0.3) is 5.76 Å². The molecular formula is C29H27NO5. The van der Waals surface area contributed by atoms with Crippen molar-refractivity contribution in [1.29, 1.82) is 0 Å². The first-order chi connectivity index (χ1) is 16.8. The van der Waals surface area contributed by atoms with Gasteiger partial charge in [0.1, 0.15) is 19.0 Å². The number of ketones is 1. The van der Waals surface area contributed by atoms with E-state index in [-0.39, 0.29) is 16.7 Å². The minimum absolute atomic E-state index is 0.0408. The number of rotatable bonds is 3. The Labute approximate surface area is 204 Å². The van der Waals surface area contributed by atoms with E-state index in [0.717, 1.165) is 11.1 Å². The van der Waals surface area contributed by atoms with Crippen molar-refractivity contribution < 1.29 is 24.2 Å². The van der Waals surface area contributed by atoms with Crippen LogP contribution in [0.4, 0.5) is 5.69 Å². The van der Waals surface area contributed by atoms with Gasteiger partial charge in [0.25, 0.3) is 11.7 Å². The third-order valence-corrected chi connectivity index (χ3v) is 6.39. The van der Waals surface area contributed by atoms with E-state index in [2.05, 4.69) is 20.8 Å². The SMILES string of the molecule is CC(C)(C)c1ccc(C2/C(=C(/O)c3ccc4c(c3)OCCO4)C(=O)C(=O)N2c2ccccc2)cc1. The molecule has 2 heterocycles. The highest BCUT2D eigenvalue weighted by atomic mass is 16.6. The van der Waals surface area contributed by atoms with Gasteiger partial charge in [0.2, 0.25) is 0 Å². The molecule has 0 saturated carbocycles. The van der Waals surface area contributed by atoms with Crippen LogP contribution in [0.15, 0.2) is 78.4 Å². The molecule has 1 unspecified atom stereocenters. The zero-order valence-electron chi connectivity index (χ0n) is 19.9. The number of para-hydroxylation sites is 1. The van der Waals surface area contributed by atoms with E-state index < -0.39 is 17.7 Å². The summed E-state index contributed by atoms with van der Waals surface area (Å²) in [5.74, 6) is -0.592. The Hall–Kier alpha value is -4.06. The van der Waals surface area contributed by atoms with Crippen LogP contribution in [0.1, 0.15) is 43.5 Å². The molecule has 1 saturated heterocycles. The average molecular weight is 470 g/mol. The number of amides is 1. The second-order valence-electron chi connectivity index (χ2n) is 9.74. The lowest BCUT2D eigenvalue weighted by atomic mass is 9.85. The fourth-order valence-corrected chi connectivity index (χ4v) is 4.51. The van der Waals surface area contributed by atoms with Crippen molar-refractivity contribution in [3.05, 3.63) is 95.1 Å². The lowest BCUT2D eigenvalue weighted by Gasteiger charge is -2.26. The van der Waals surface area contributed by atoms with Crippen LogP contribution >= 0.6 is 0 Å². The summed E-state index contributed by atoms with van der Waals surface area (Å²) in [6.45, 7) is 7.22. The van der Waals surface area contributed by atoms with E-state index in [1.54, 1.807) is 30.3 Å². The Morgan fingerprint density at radius 3 is 2.20 bits per heavy atom. The monoisotopic (exact) mass is 469 g/mol. The second kappa shape index (κ2) is 8.62. The molecule has 6 nitrogen and oxygen atoms in total. The van der Waals surface area contributed by atoms with Crippen molar-refractivity contribution in [2.24, 2.45) is 0 Å². The largest absolute Gasteiger partial charge is 0.507 e. The van der Waals surface area contributed by atoms with Gasteiger partial charge in [-0.15, -0.1) is 0 Å². The van der Waals surface area contributed by atoms with E-state index in [1.165, 1.54) is 4.90 Å². The number of carbonyl (C=O) groups is 2. The van der Waals surface area contributed by atoms with Gasteiger partial charge < -0.3 is 14.6 Å². The lowest BCUT2D eigenvalue weighted by molar-refractivity contribution is -0.132. The van der Waals surface area contributed by atoms with Crippen LogP contribution in [0.3, 0.4) is 0 Å². The van der Waals surface area contributed by atoms with Gasteiger partial charge in [-0.25, -0.2) is 0 Å². The normalized spacial score (nSPS) is 19.2. The number of Topliss-reactive ketones (excluding diaryl/α,β-unsaturated/α-hetero) is 1. The number of anilines is 1. The number of carbonyl (C=O) groups excluding carboxylic acids is 2. The van der Waals surface area contributed by atoms with Crippen LogP contribution < -0.4 is 14.4 Å². The van der Waals surface area contributed by atoms with Crippen LogP contribution in [-0.2, 0) is 15.0 Å². The Morgan fingerprint density at radius 2 is 1.54 bits per heavy atom. The van der Waals surface area contributed by atoms with Gasteiger partial charge in [-0.1, -0.05) is 63.2 Å². The summed E-state index contributed by atoms with van der Waals surface area (Å²) >= 11 is 0. The highest BCUT2D eigenvalue weighted by molar-refractivity contribution is 6.51. The van der Waals surface area contributed by atoms with Crippen molar-refractivity contribution in [3.8, 4) is 11.5 Å². The molecule has 1 atom stereocenters. The molecule has 2 aliphatic heterocycles. The van der Waals surface area contributed by atoms with Crippen molar-refractivity contribution in [2.75, 3.05) is 18.1 Å². The molecule has 178 valence electrons. The van der Waals surface area contributed by atoms with E-state index in [4.69, 9.17) is 9.47 Å². The number of hydrogen-bond acceptors (Lipinski definition) is 5. The van der Waals surface area contributed by atoms with Gasteiger partial charge >= 0.3 is 0 Å². The van der Waals surface area contributed by atoms with Gasteiger partial charge in [0.05, 0.1) is 11.6 Å². The number of ether oxygens (including phenoxy) is 2. The molecule has 0 spiro atoms. The summed E-state index contributed by atoms with van der Waals surface area (Å²) in [5, 5.41) is 11.4. The predicted molar refractivity (Wildman–Crippen MR) is 134 cm³/mol. The summed E-state index contributed by atoms with van der Waals surface area (Å²) in [7, 11) is 0. The molecule has 0 aliphatic carbocycles. The van der Waals surface area contributed by atoms with Gasteiger partial charge in [0.15, 0.2) is 11.5 Å². The molecule has 1 fully saturated rings. The van der Waals surface area contributed by atoms with E-state index >= 15 is 0 Å². The second-order valence-corrected chi connectivity index (χ2v) is 9.74. The number of aliphatic hydroxyl groups is 1. The summed E-state index contributed by atoms with van der Waals surface area (Å²) in [5.41, 5.74) is 2.83. The Balaban J connectivity index is 1.67. The molecule has 2 aliphatic rings. The lowest BCUT2D eigenvalue weighted by Crippen LogP contribution is -2.29. The minimum atomic E-state index is -0.778. The topological polar surface area (TPSA) is 76.1 Å². The molecule has 35 heavy (non-hydrogen) atoms. The molecule has 3 aromatic carbocycles. The van der Waals surface area contributed by atoms with Crippen LogP contribution in [-0.4, -0.2) is 30.0 Å². The van der Waals surface area contributed by atoms with Gasteiger partial charge in [-0.2, -0.15) is 0 Å². The zero-order chi connectivity index (χ0) is 24.7. The number of fused-ring (bicyclic) bond motifs is 1. The molecule has 0 bridgehead atoms. The summed E-state index contributed by atoms with van der Waals surface area (Å²) in [6.07, 6.45) is 0. The summed E-state index contributed by atoms with van der Waals surface area (Å²) in [4.78, 5) is 28.1. The third-order valence-electron chi connectivity index (χ3n) is 6.39. The van der Waals surface area contributed by atoms with Crippen molar-refractivity contribution in [1.82, 2.24) is 0 Å². The van der Waals surface area contributed by atoms with Crippen LogP contribution in [0.5, 0.6) is 11.5 Å². The highest BCUT2D eigenvalue weighted by Gasteiger charge is 2.47. The molecule has 0 radical (unpaired) electrons. The fraction of sp³-hybridized carbons (Fsp3) is 0.241. The van der Waals surface area contributed by atoms with Gasteiger partial charge in [0, 0.05) is 11.3 Å². The molecule has 5 rings (SSSR count). The number of benzene rings is 3. The summed E-state index contributed by atoms with van der Waals surface area (Å²) in [6, 6.07) is 21.1. The van der Waals surface area contributed by atoms with Crippen molar-refractivity contribution in [2.45, 2.75) is 32.2 Å². The van der Waals surface area contributed by atoms with E-state index in [0.29, 0.717) is 36.0 Å². The number of hydrogen-bond donors (Lipinski definition) is 1. The van der Waals surface area contributed by atoms with Crippen molar-refractivity contribution in [3.63, 3.8) is 0 Å². The maximum absolute atomic E-state index is 13.3. The van der Waals surface area contributed by atoms with E-state index in [1.807, 2.05) is 42.5 Å². The quantitative estimate of drug-likeness (QED) is 0.317. The Morgan fingerprint density at radius 1 is 0.886 bits per heavy atom. The first kappa shape index (κ1) is 22.7. The van der Waals surface area contributed by atoms with Gasteiger partial charge in [-0.05, 0) is 46.9 Å². The molecular weight excluding hydrogens is 442 g/mol. The zero-order valence-corrected chi connectivity index (χ0v) is 19.9. The molecule has 1 amide bonds. The fourth-order valence-electron chi connectivity index (χ4n) is 4.51. The van der Waals surface area contributed by atoms with Crippen LogP contribution in [0.2, 0.25) is 0 Å². The maximum atomic E-state index is 13.3. The molecule has 3 aromatic rings. The van der Waals surface area contributed by atoms with Crippen LogP contribution in [0, 0.1) is 0 Å². The molecule has 0 aromatic heterocycles. The van der Waals surface area contributed by atoms with Crippen molar-refractivity contribution >= 4 is 23.1 Å². The number of nitrogens with zero attached hydrogens (tertiary/aromatic N) is 1. The minimum Gasteiger partial charge on any atom is -0.507 e. The summed E-state index contributed by atoms with van der Waals surface area (Å²) < 4.78 is 11.2. The number of aliphatic hydroxyl groups excluding tert-OH is 1. The molecule has 6 heteroatoms. The standard InChI is InChI=1S/C29H27NO5/c1-29(2,3)20-12-9-18(10-13-20)25-24(27(32)28(33)30(25)21-7-5-4-6-8-21)26(31)19-11-14-22-23(17-19)35-16-15-34-22/h4-14,17,25,31H,15-16H2,1-3H3/b26-24-. The maximum Gasteiger partial charge on any atom is 0.300 e.